The second-order valence-corrected chi connectivity index (χ2v) is 7.03. The van der Waals surface area contributed by atoms with Gasteiger partial charge in [-0.1, -0.05) is 66.2 Å². The van der Waals surface area contributed by atoms with E-state index in [-0.39, 0.29) is 0 Å². The summed E-state index contributed by atoms with van der Waals surface area (Å²) >= 11 is 6.50. The molecule has 0 saturated carbocycles. The molecule has 28 heavy (non-hydrogen) atoms. The molecule has 0 unspecified atom stereocenters. The topological polar surface area (TPSA) is 33.3 Å². The van der Waals surface area contributed by atoms with E-state index in [2.05, 4.69) is 47.0 Å². The summed E-state index contributed by atoms with van der Waals surface area (Å²) in [5.74, 6) is 1.51. The molecule has 5 rings (SSSR count). The number of hydrogen-bond acceptors (Lipinski definition) is 3. The molecule has 0 amide bonds. The molecule has 0 fully saturated rings. The van der Waals surface area contributed by atoms with Crippen LogP contribution in [0.25, 0.3) is 11.1 Å². The largest absolute Gasteiger partial charge is 0.453 e. The molecular formula is C24H17ClN2O. The predicted molar refractivity (Wildman–Crippen MR) is 116 cm³/mol. The third-order valence-electron chi connectivity index (χ3n) is 4.72. The summed E-state index contributed by atoms with van der Waals surface area (Å²) in [4.78, 5) is 0. The fraction of sp³-hybridized carbons (Fsp3) is 0. The number of hydrogen-bond donors (Lipinski definition) is 2. The molecule has 0 spiro atoms. The van der Waals surface area contributed by atoms with E-state index < -0.39 is 0 Å². The molecule has 1 heterocycles. The number of halogens is 1. The van der Waals surface area contributed by atoms with Gasteiger partial charge in [0.1, 0.15) is 0 Å². The van der Waals surface area contributed by atoms with E-state index >= 15 is 0 Å². The Morgan fingerprint density at radius 3 is 2.21 bits per heavy atom. The minimum absolute atomic E-state index is 0.604. The molecule has 3 nitrogen and oxygen atoms in total. The van der Waals surface area contributed by atoms with Crippen molar-refractivity contribution in [3.05, 3.63) is 96.0 Å². The van der Waals surface area contributed by atoms with Crippen molar-refractivity contribution in [3.63, 3.8) is 0 Å². The quantitative estimate of drug-likeness (QED) is 0.336. The van der Waals surface area contributed by atoms with Crippen LogP contribution in [0, 0.1) is 0 Å². The third-order valence-corrected chi connectivity index (χ3v) is 5.03. The van der Waals surface area contributed by atoms with E-state index in [1.165, 1.54) is 11.1 Å². The molecular weight excluding hydrogens is 368 g/mol. The van der Waals surface area contributed by atoms with Crippen LogP contribution in [0.1, 0.15) is 0 Å². The molecule has 1 aliphatic heterocycles. The molecule has 1 aliphatic rings. The second-order valence-electron chi connectivity index (χ2n) is 6.62. The Bertz CT molecular complexity index is 1140. The number of para-hydroxylation sites is 2. The maximum absolute atomic E-state index is 6.50. The average Bonchev–Trinajstić information content (AvgIpc) is 2.74. The molecule has 0 radical (unpaired) electrons. The highest BCUT2D eigenvalue weighted by Crippen LogP contribution is 2.45. The monoisotopic (exact) mass is 384 g/mol. The van der Waals surface area contributed by atoms with Gasteiger partial charge < -0.3 is 15.4 Å². The van der Waals surface area contributed by atoms with E-state index in [0.717, 1.165) is 28.5 Å². The lowest BCUT2D eigenvalue weighted by molar-refractivity contribution is 0.481. The van der Waals surface area contributed by atoms with Gasteiger partial charge in [-0.3, -0.25) is 0 Å². The summed E-state index contributed by atoms with van der Waals surface area (Å²) in [6.45, 7) is 0. The molecule has 4 aromatic rings. The Balaban J connectivity index is 1.40. The SMILES string of the molecule is Clc1cc2c(cc1Nc1ccc(-c3ccccc3)cc1)Nc1ccccc1O2. The van der Waals surface area contributed by atoms with Crippen molar-refractivity contribution in [1.29, 1.82) is 0 Å². The van der Waals surface area contributed by atoms with Gasteiger partial charge in [0, 0.05) is 11.8 Å². The molecule has 0 bridgehead atoms. The zero-order valence-electron chi connectivity index (χ0n) is 14.9. The highest BCUT2D eigenvalue weighted by molar-refractivity contribution is 6.33. The minimum Gasteiger partial charge on any atom is -0.453 e. The van der Waals surface area contributed by atoms with Gasteiger partial charge in [-0.15, -0.1) is 0 Å². The maximum atomic E-state index is 6.50. The average molecular weight is 385 g/mol. The first-order chi connectivity index (χ1) is 13.8. The van der Waals surface area contributed by atoms with Crippen LogP contribution < -0.4 is 15.4 Å². The maximum Gasteiger partial charge on any atom is 0.152 e. The van der Waals surface area contributed by atoms with Gasteiger partial charge in [0.25, 0.3) is 0 Å². The van der Waals surface area contributed by atoms with Crippen LogP contribution in [0.15, 0.2) is 91.0 Å². The van der Waals surface area contributed by atoms with Crippen LogP contribution in [0.5, 0.6) is 11.5 Å². The number of benzene rings is 4. The molecule has 4 aromatic carbocycles. The van der Waals surface area contributed by atoms with Crippen molar-refractivity contribution < 1.29 is 4.74 Å². The Hall–Kier alpha value is -3.43. The molecule has 4 heteroatoms. The van der Waals surface area contributed by atoms with Crippen LogP contribution in [-0.2, 0) is 0 Å². The van der Waals surface area contributed by atoms with E-state index in [1.54, 1.807) is 0 Å². The van der Waals surface area contributed by atoms with Gasteiger partial charge in [-0.2, -0.15) is 0 Å². The standard InChI is InChI=1S/C24H17ClN2O/c25-19-14-24-22(27-20-8-4-5-9-23(20)28-24)15-21(19)26-18-12-10-17(11-13-18)16-6-2-1-3-7-16/h1-15,26-27H. The first-order valence-electron chi connectivity index (χ1n) is 9.06. The van der Waals surface area contributed by atoms with E-state index in [0.29, 0.717) is 10.8 Å². The van der Waals surface area contributed by atoms with Crippen molar-refractivity contribution in [2.24, 2.45) is 0 Å². The second kappa shape index (κ2) is 6.95. The lowest BCUT2D eigenvalue weighted by atomic mass is 10.1. The minimum atomic E-state index is 0.604. The Morgan fingerprint density at radius 1 is 0.679 bits per heavy atom. The zero-order valence-corrected chi connectivity index (χ0v) is 15.7. The van der Waals surface area contributed by atoms with Crippen molar-refractivity contribution in [2.45, 2.75) is 0 Å². The first kappa shape index (κ1) is 16.7. The molecule has 0 saturated heterocycles. The van der Waals surface area contributed by atoms with Crippen LogP contribution in [-0.4, -0.2) is 0 Å². The fourth-order valence-electron chi connectivity index (χ4n) is 3.29. The molecule has 136 valence electrons. The number of nitrogens with one attached hydrogen (secondary N) is 2. The van der Waals surface area contributed by atoms with Gasteiger partial charge in [0.05, 0.1) is 22.1 Å². The summed E-state index contributed by atoms with van der Waals surface area (Å²) in [6, 6.07) is 30.3. The Morgan fingerprint density at radius 2 is 1.39 bits per heavy atom. The number of rotatable bonds is 3. The van der Waals surface area contributed by atoms with E-state index in [9.17, 15) is 0 Å². The van der Waals surface area contributed by atoms with Crippen LogP contribution in [0.3, 0.4) is 0 Å². The van der Waals surface area contributed by atoms with Gasteiger partial charge in [0.15, 0.2) is 11.5 Å². The summed E-state index contributed by atoms with van der Waals surface area (Å²) in [7, 11) is 0. The van der Waals surface area contributed by atoms with Gasteiger partial charge in [-0.25, -0.2) is 0 Å². The highest BCUT2D eigenvalue weighted by Gasteiger charge is 2.18. The molecule has 0 atom stereocenters. The van der Waals surface area contributed by atoms with Gasteiger partial charge in [0.2, 0.25) is 0 Å². The molecule has 0 aromatic heterocycles. The van der Waals surface area contributed by atoms with E-state index in [4.69, 9.17) is 16.3 Å². The van der Waals surface area contributed by atoms with Gasteiger partial charge in [-0.05, 0) is 41.5 Å². The number of anilines is 4. The fourth-order valence-corrected chi connectivity index (χ4v) is 3.49. The highest BCUT2D eigenvalue weighted by atomic mass is 35.5. The summed E-state index contributed by atoms with van der Waals surface area (Å²) in [6.07, 6.45) is 0. The molecule has 2 N–H and O–H groups in total. The van der Waals surface area contributed by atoms with E-state index in [1.807, 2.05) is 54.6 Å². The van der Waals surface area contributed by atoms with Crippen LogP contribution >= 0.6 is 11.6 Å². The normalized spacial score (nSPS) is 11.6. The third kappa shape index (κ3) is 3.17. The van der Waals surface area contributed by atoms with Gasteiger partial charge >= 0.3 is 0 Å². The van der Waals surface area contributed by atoms with Crippen LogP contribution in [0.2, 0.25) is 5.02 Å². The zero-order chi connectivity index (χ0) is 18.9. The Labute approximate surface area is 168 Å². The lowest BCUT2D eigenvalue weighted by Gasteiger charge is -2.23. The number of fused-ring (bicyclic) bond motifs is 2. The van der Waals surface area contributed by atoms with Crippen molar-refractivity contribution in [1.82, 2.24) is 0 Å². The smallest absolute Gasteiger partial charge is 0.152 e. The summed E-state index contributed by atoms with van der Waals surface area (Å²) < 4.78 is 5.95. The first-order valence-corrected chi connectivity index (χ1v) is 9.44. The van der Waals surface area contributed by atoms with Crippen molar-refractivity contribution in [2.75, 3.05) is 10.6 Å². The van der Waals surface area contributed by atoms with Crippen LogP contribution in [0.4, 0.5) is 22.7 Å². The molecule has 0 aliphatic carbocycles. The van der Waals surface area contributed by atoms with Crippen molar-refractivity contribution in [3.8, 4) is 22.6 Å². The Kier molecular flexibility index (Phi) is 4.15. The number of ether oxygens (including phenoxy) is 1. The predicted octanol–water partition coefficient (Wildman–Crippen LogP) is 7.60. The summed E-state index contributed by atoms with van der Waals surface area (Å²) in [5, 5.41) is 7.40. The summed E-state index contributed by atoms with van der Waals surface area (Å²) in [5.41, 5.74) is 5.99. The van der Waals surface area contributed by atoms with Crippen molar-refractivity contribution >= 4 is 34.4 Å². The lowest BCUT2D eigenvalue weighted by Crippen LogP contribution is -2.03.